The van der Waals surface area contributed by atoms with Gasteiger partial charge in [-0.1, -0.05) is 0 Å². The lowest BCUT2D eigenvalue weighted by molar-refractivity contribution is 0.192. The molecule has 1 saturated carbocycles. The molecular formula is C20H25N7O. The summed E-state index contributed by atoms with van der Waals surface area (Å²) in [5.74, 6) is 1.54. The number of hydrogen-bond donors (Lipinski definition) is 2. The van der Waals surface area contributed by atoms with E-state index in [0.29, 0.717) is 5.88 Å². The Morgan fingerprint density at radius 3 is 2.79 bits per heavy atom. The number of pyridine rings is 1. The third-order valence-electron chi connectivity index (χ3n) is 5.66. The zero-order valence-corrected chi connectivity index (χ0v) is 16.5. The van der Waals surface area contributed by atoms with Gasteiger partial charge in [-0.2, -0.15) is 5.10 Å². The molecule has 1 saturated heterocycles. The second kappa shape index (κ2) is 6.13. The van der Waals surface area contributed by atoms with E-state index in [1.54, 1.807) is 6.33 Å². The molecule has 28 heavy (non-hydrogen) atoms. The van der Waals surface area contributed by atoms with Crippen molar-refractivity contribution >= 4 is 16.9 Å². The first-order valence-corrected chi connectivity index (χ1v) is 9.79. The van der Waals surface area contributed by atoms with Gasteiger partial charge in [0, 0.05) is 37.3 Å². The third kappa shape index (κ3) is 3.07. The van der Waals surface area contributed by atoms with Gasteiger partial charge in [-0.05, 0) is 39.7 Å². The molecule has 8 heteroatoms. The second-order valence-corrected chi connectivity index (χ2v) is 8.57. The molecule has 0 spiro atoms. The van der Waals surface area contributed by atoms with Crippen LogP contribution in [-0.2, 0) is 0 Å². The number of nitrogens with one attached hydrogen (secondary N) is 2. The molecule has 2 fully saturated rings. The Kier molecular flexibility index (Phi) is 3.80. The Hall–Kier alpha value is -2.74. The van der Waals surface area contributed by atoms with Gasteiger partial charge >= 0.3 is 0 Å². The molecule has 0 radical (unpaired) electrons. The van der Waals surface area contributed by atoms with E-state index < -0.39 is 0 Å². The minimum atomic E-state index is -0.0689. The summed E-state index contributed by atoms with van der Waals surface area (Å²) in [7, 11) is 0. The van der Waals surface area contributed by atoms with E-state index in [2.05, 4.69) is 51.2 Å². The quantitative estimate of drug-likeness (QED) is 0.720. The molecule has 146 valence electrons. The lowest BCUT2D eigenvalue weighted by atomic mass is 10.00. The summed E-state index contributed by atoms with van der Waals surface area (Å²) < 4.78 is 6.03. The second-order valence-electron chi connectivity index (χ2n) is 8.57. The van der Waals surface area contributed by atoms with Crippen molar-refractivity contribution in [3.8, 4) is 17.3 Å². The number of fused-ring (bicyclic) bond motifs is 1. The molecule has 0 amide bonds. The number of ether oxygens (including phenoxy) is 1. The molecule has 1 aliphatic carbocycles. The van der Waals surface area contributed by atoms with Crippen LogP contribution in [0.1, 0.15) is 33.6 Å². The number of hydrogen-bond acceptors (Lipinski definition) is 7. The van der Waals surface area contributed by atoms with Crippen LogP contribution in [0.4, 0.5) is 5.82 Å². The molecule has 0 aromatic carbocycles. The molecule has 3 aromatic rings. The highest BCUT2D eigenvalue weighted by molar-refractivity contribution is 5.89. The van der Waals surface area contributed by atoms with Gasteiger partial charge in [0.05, 0.1) is 11.2 Å². The lowest BCUT2D eigenvalue weighted by Gasteiger charge is -2.43. The van der Waals surface area contributed by atoms with E-state index in [9.17, 15) is 0 Å². The van der Waals surface area contributed by atoms with Crippen molar-refractivity contribution in [2.75, 3.05) is 24.5 Å². The van der Waals surface area contributed by atoms with Gasteiger partial charge in [0.2, 0.25) is 5.88 Å². The van der Waals surface area contributed by atoms with E-state index in [1.807, 2.05) is 18.2 Å². The van der Waals surface area contributed by atoms with Gasteiger partial charge in [-0.3, -0.25) is 5.10 Å². The Morgan fingerprint density at radius 1 is 1.14 bits per heavy atom. The molecule has 0 bridgehead atoms. The van der Waals surface area contributed by atoms with Gasteiger partial charge in [-0.15, -0.1) is 0 Å². The van der Waals surface area contributed by atoms with Crippen LogP contribution >= 0.6 is 0 Å². The minimum Gasteiger partial charge on any atom is -0.471 e. The summed E-state index contributed by atoms with van der Waals surface area (Å²) in [5.41, 5.74) is 3.03. The van der Waals surface area contributed by atoms with Crippen molar-refractivity contribution in [2.24, 2.45) is 0 Å². The minimum absolute atomic E-state index is 0.0174. The number of piperazine rings is 1. The first-order valence-electron chi connectivity index (χ1n) is 9.79. The standard InChI is InChI=1S/C20H25N7O/c1-19(2)11-21-8-9-27(19)15-10-14(22-12-23-15)18-17-13(25-26-18)4-5-16(24-17)28-20(3)6-7-20/h4-5,10,12,21H,6-9,11H2,1-3H3,(H,25,26). The van der Waals surface area contributed by atoms with Crippen LogP contribution in [0.2, 0.25) is 0 Å². The van der Waals surface area contributed by atoms with Crippen molar-refractivity contribution in [1.29, 1.82) is 0 Å². The van der Waals surface area contributed by atoms with E-state index in [1.165, 1.54) is 0 Å². The number of rotatable bonds is 4. The van der Waals surface area contributed by atoms with Gasteiger partial charge in [0.15, 0.2) is 0 Å². The maximum absolute atomic E-state index is 6.03. The molecule has 4 heterocycles. The van der Waals surface area contributed by atoms with Crippen molar-refractivity contribution < 1.29 is 4.74 Å². The highest BCUT2D eigenvalue weighted by Gasteiger charge is 2.40. The highest BCUT2D eigenvalue weighted by Crippen LogP contribution is 2.39. The zero-order chi connectivity index (χ0) is 19.4. The smallest absolute Gasteiger partial charge is 0.214 e. The van der Waals surface area contributed by atoms with Gasteiger partial charge in [0.25, 0.3) is 0 Å². The van der Waals surface area contributed by atoms with Crippen LogP contribution in [0, 0.1) is 0 Å². The molecule has 0 atom stereocenters. The number of H-pyrrole nitrogens is 1. The largest absolute Gasteiger partial charge is 0.471 e. The Morgan fingerprint density at radius 2 is 2.00 bits per heavy atom. The van der Waals surface area contributed by atoms with E-state index in [4.69, 9.17) is 9.72 Å². The third-order valence-corrected chi connectivity index (χ3v) is 5.66. The fraction of sp³-hybridized carbons (Fsp3) is 0.500. The summed E-state index contributed by atoms with van der Waals surface area (Å²) in [6.45, 7) is 9.30. The molecule has 0 unspecified atom stereocenters. The molecule has 2 N–H and O–H groups in total. The molecule has 3 aromatic heterocycles. The van der Waals surface area contributed by atoms with Gasteiger partial charge < -0.3 is 15.0 Å². The van der Waals surface area contributed by atoms with E-state index in [-0.39, 0.29) is 11.1 Å². The first kappa shape index (κ1) is 17.4. The fourth-order valence-corrected chi connectivity index (χ4v) is 3.68. The lowest BCUT2D eigenvalue weighted by Crippen LogP contribution is -2.58. The van der Waals surface area contributed by atoms with E-state index in [0.717, 1.165) is 60.7 Å². The topological polar surface area (TPSA) is 91.8 Å². The maximum atomic E-state index is 6.03. The molecule has 2 aliphatic rings. The summed E-state index contributed by atoms with van der Waals surface area (Å²) in [6.07, 6.45) is 3.75. The van der Waals surface area contributed by atoms with Gasteiger partial charge in [-0.25, -0.2) is 15.0 Å². The van der Waals surface area contributed by atoms with Crippen LogP contribution in [-0.4, -0.2) is 55.9 Å². The molecular weight excluding hydrogens is 354 g/mol. The van der Waals surface area contributed by atoms with E-state index >= 15 is 0 Å². The average Bonchev–Trinajstić information content (AvgIpc) is 3.24. The maximum Gasteiger partial charge on any atom is 0.214 e. The van der Waals surface area contributed by atoms with Crippen molar-refractivity contribution in [3.63, 3.8) is 0 Å². The van der Waals surface area contributed by atoms with Crippen LogP contribution in [0.25, 0.3) is 22.4 Å². The number of aromatic nitrogens is 5. The summed E-state index contributed by atoms with van der Waals surface area (Å²) in [4.78, 5) is 16.0. The summed E-state index contributed by atoms with van der Waals surface area (Å²) >= 11 is 0. The Labute approximate surface area is 163 Å². The number of nitrogens with zero attached hydrogens (tertiary/aromatic N) is 5. The predicted octanol–water partition coefficient (Wildman–Crippen LogP) is 2.53. The number of aromatic amines is 1. The predicted molar refractivity (Wildman–Crippen MR) is 107 cm³/mol. The monoisotopic (exact) mass is 379 g/mol. The number of anilines is 1. The normalized spacial score (nSPS) is 20.3. The SMILES string of the molecule is CC1(Oc2ccc3[nH]nc(-c4cc(N5CCNCC5(C)C)ncn4)c3n2)CC1. The van der Waals surface area contributed by atoms with Crippen molar-refractivity contribution in [3.05, 3.63) is 24.5 Å². The van der Waals surface area contributed by atoms with Crippen LogP contribution in [0.15, 0.2) is 24.5 Å². The fourth-order valence-electron chi connectivity index (χ4n) is 3.68. The Balaban J connectivity index is 1.52. The molecule has 5 rings (SSSR count). The first-order chi connectivity index (χ1) is 13.4. The van der Waals surface area contributed by atoms with Crippen LogP contribution in [0.5, 0.6) is 5.88 Å². The summed E-state index contributed by atoms with van der Waals surface area (Å²) in [5, 5.41) is 11.0. The highest BCUT2D eigenvalue weighted by atomic mass is 16.5. The van der Waals surface area contributed by atoms with Gasteiger partial charge in [0.1, 0.15) is 29.0 Å². The van der Waals surface area contributed by atoms with Crippen molar-refractivity contribution in [2.45, 2.75) is 44.8 Å². The summed E-state index contributed by atoms with van der Waals surface area (Å²) in [6, 6.07) is 5.85. The van der Waals surface area contributed by atoms with Crippen LogP contribution in [0.3, 0.4) is 0 Å². The Bertz CT molecular complexity index is 1020. The van der Waals surface area contributed by atoms with Crippen LogP contribution < -0.4 is 15.0 Å². The zero-order valence-electron chi connectivity index (χ0n) is 16.5. The average molecular weight is 379 g/mol. The molecule has 1 aliphatic heterocycles. The molecule has 8 nitrogen and oxygen atoms in total. The van der Waals surface area contributed by atoms with Crippen molar-refractivity contribution in [1.82, 2.24) is 30.5 Å².